The zero-order valence-electron chi connectivity index (χ0n) is 5.29. The number of hydrogen-bond donors (Lipinski definition) is 3. The average molecular weight is 144 g/mol. The van der Waals surface area contributed by atoms with Gasteiger partial charge in [0.1, 0.15) is 11.4 Å². The Morgan fingerprint density at radius 1 is 1.60 bits per heavy atom. The smallest absolute Gasteiger partial charge is 0.157 e. The summed E-state index contributed by atoms with van der Waals surface area (Å²) in [6.07, 6.45) is 1.96. The van der Waals surface area contributed by atoms with Crippen molar-refractivity contribution in [2.75, 3.05) is 0 Å². The molecule has 10 heavy (non-hydrogen) atoms. The van der Waals surface area contributed by atoms with Crippen LogP contribution in [0.5, 0.6) is 0 Å². The minimum atomic E-state index is -1.52. The van der Waals surface area contributed by atoms with E-state index in [4.69, 9.17) is 16.6 Å². The summed E-state index contributed by atoms with van der Waals surface area (Å²) < 4.78 is 12.7. The van der Waals surface area contributed by atoms with Crippen LogP contribution < -0.4 is 11.5 Å². The number of rotatable bonds is 0. The van der Waals surface area contributed by atoms with Crippen molar-refractivity contribution in [1.29, 1.82) is 0 Å². The second kappa shape index (κ2) is 2.07. The Kier molecular flexibility index (Phi) is 1.50. The topological polar surface area (TPSA) is 72.3 Å². The number of aliphatic hydroxyl groups is 1. The molecule has 0 amide bonds. The van der Waals surface area contributed by atoms with Crippen molar-refractivity contribution in [2.24, 2.45) is 11.5 Å². The lowest BCUT2D eigenvalue weighted by Crippen LogP contribution is -2.55. The first-order valence-electron chi connectivity index (χ1n) is 2.84. The number of alkyl halides is 1. The lowest BCUT2D eigenvalue weighted by atomic mass is 10.0. The van der Waals surface area contributed by atoms with Crippen LogP contribution in [-0.2, 0) is 0 Å². The van der Waals surface area contributed by atoms with Gasteiger partial charge in [-0.3, -0.25) is 0 Å². The maximum atomic E-state index is 12.7. The molecule has 0 aromatic heterocycles. The van der Waals surface area contributed by atoms with E-state index in [2.05, 4.69) is 0 Å². The van der Waals surface area contributed by atoms with E-state index in [9.17, 15) is 4.39 Å². The third kappa shape index (κ3) is 1.17. The second-order valence-electron chi connectivity index (χ2n) is 2.33. The molecule has 1 unspecified atom stereocenters. The highest BCUT2D eigenvalue weighted by Crippen LogP contribution is 2.15. The predicted octanol–water partition coefficient (Wildman–Crippen LogP) is -0.0501. The largest absolute Gasteiger partial charge is 0.508 e. The SMILES string of the molecule is NC1(N)C=CC(O)=CC1F. The third-order valence-corrected chi connectivity index (χ3v) is 1.34. The molecular formula is C6H9FN2O. The van der Waals surface area contributed by atoms with Crippen molar-refractivity contribution < 1.29 is 9.50 Å². The summed E-state index contributed by atoms with van der Waals surface area (Å²) in [7, 11) is 0. The first kappa shape index (κ1) is 7.24. The van der Waals surface area contributed by atoms with E-state index in [0.29, 0.717) is 0 Å². The van der Waals surface area contributed by atoms with Gasteiger partial charge in [-0.2, -0.15) is 0 Å². The second-order valence-corrected chi connectivity index (χ2v) is 2.33. The Balaban J connectivity index is 2.84. The van der Waals surface area contributed by atoms with Gasteiger partial charge < -0.3 is 16.6 Å². The van der Waals surface area contributed by atoms with Gasteiger partial charge in [0.15, 0.2) is 6.17 Å². The summed E-state index contributed by atoms with van der Waals surface area (Å²) in [6.45, 7) is 0. The van der Waals surface area contributed by atoms with Gasteiger partial charge in [0.2, 0.25) is 0 Å². The molecule has 0 bridgehead atoms. The van der Waals surface area contributed by atoms with Gasteiger partial charge in [0, 0.05) is 0 Å². The van der Waals surface area contributed by atoms with E-state index in [1.54, 1.807) is 0 Å². The van der Waals surface area contributed by atoms with E-state index in [1.807, 2.05) is 0 Å². The van der Waals surface area contributed by atoms with Crippen LogP contribution in [0.4, 0.5) is 4.39 Å². The van der Waals surface area contributed by atoms with Gasteiger partial charge in [0.25, 0.3) is 0 Å². The molecule has 1 aliphatic carbocycles. The summed E-state index contributed by atoms with van der Waals surface area (Å²) in [4.78, 5) is 0. The molecule has 5 N–H and O–H groups in total. The van der Waals surface area contributed by atoms with Crippen LogP contribution in [0.3, 0.4) is 0 Å². The van der Waals surface area contributed by atoms with Gasteiger partial charge in [-0.05, 0) is 18.2 Å². The molecular weight excluding hydrogens is 135 g/mol. The molecule has 0 fully saturated rings. The van der Waals surface area contributed by atoms with Crippen LogP contribution in [0.2, 0.25) is 0 Å². The number of hydrogen-bond acceptors (Lipinski definition) is 3. The minimum Gasteiger partial charge on any atom is -0.508 e. The molecule has 0 heterocycles. The van der Waals surface area contributed by atoms with Crippen molar-refractivity contribution in [3.63, 3.8) is 0 Å². The zero-order chi connectivity index (χ0) is 7.78. The first-order chi connectivity index (χ1) is 4.52. The maximum Gasteiger partial charge on any atom is 0.157 e. The van der Waals surface area contributed by atoms with Crippen molar-refractivity contribution in [2.45, 2.75) is 11.8 Å². The maximum absolute atomic E-state index is 12.7. The predicted molar refractivity (Wildman–Crippen MR) is 35.9 cm³/mol. The molecule has 0 saturated carbocycles. The fourth-order valence-corrected chi connectivity index (χ4v) is 0.671. The number of allylic oxidation sites excluding steroid dienone is 1. The van der Waals surface area contributed by atoms with Crippen molar-refractivity contribution in [3.8, 4) is 0 Å². The summed E-state index contributed by atoms with van der Waals surface area (Å²) in [6, 6.07) is 0. The highest BCUT2D eigenvalue weighted by Gasteiger charge is 2.29. The molecule has 1 atom stereocenters. The molecule has 0 spiro atoms. The Labute approximate surface area is 57.8 Å². The Hall–Kier alpha value is -0.870. The fraction of sp³-hybridized carbons (Fsp3) is 0.333. The summed E-state index contributed by atoms with van der Waals surface area (Å²) in [5.74, 6) is -0.140. The normalized spacial score (nSPS) is 29.9. The lowest BCUT2D eigenvalue weighted by Gasteiger charge is -2.25. The minimum absolute atomic E-state index is 0.140. The molecule has 3 nitrogen and oxygen atoms in total. The summed E-state index contributed by atoms with van der Waals surface area (Å²) >= 11 is 0. The standard InChI is InChI=1S/C6H9FN2O/c7-5-3-4(10)1-2-6(5,8)9/h1-3,5,10H,8-9H2. The first-order valence-corrected chi connectivity index (χ1v) is 2.84. The highest BCUT2D eigenvalue weighted by atomic mass is 19.1. The van der Waals surface area contributed by atoms with E-state index in [0.717, 1.165) is 6.08 Å². The quantitative estimate of drug-likeness (QED) is 0.417. The Bertz CT molecular complexity index is 198. The van der Waals surface area contributed by atoms with E-state index in [1.165, 1.54) is 12.2 Å². The van der Waals surface area contributed by atoms with Crippen LogP contribution in [0, 0.1) is 0 Å². The number of nitrogens with two attached hydrogens (primary N) is 2. The molecule has 0 aromatic rings. The van der Waals surface area contributed by atoms with Gasteiger partial charge >= 0.3 is 0 Å². The van der Waals surface area contributed by atoms with Crippen LogP contribution in [0.1, 0.15) is 0 Å². The molecule has 1 rings (SSSR count). The van der Waals surface area contributed by atoms with Crippen molar-refractivity contribution >= 4 is 0 Å². The molecule has 0 radical (unpaired) electrons. The van der Waals surface area contributed by atoms with Crippen LogP contribution in [0.15, 0.2) is 24.0 Å². The number of halogens is 1. The Morgan fingerprint density at radius 3 is 2.60 bits per heavy atom. The highest BCUT2D eigenvalue weighted by molar-refractivity contribution is 5.26. The Morgan fingerprint density at radius 2 is 2.20 bits per heavy atom. The third-order valence-electron chi connectivity index (χ3n) is 1.34. The molecule has 56 valence electrons. The monoisotopic (exact) mass is 144 g/mol. The average Bonchev–Trinajstić information content (AvgIpc) is 1.81. The zero-order valence-corrected chi connectivity index (χ0v) is 5.29. The molecule has 0 aromatic carbocycles. The van der Waals surface area contributed by atoms with Gasteiger partial charge in [-0.1, -0.05) is 0 Å². The van der Waals surface area contributed by atoms with Gasteiger partial charge in [-0.15, -0.1) is 0 Å². The molecule has 0 saturated heterocycles. The summed E-state index contributed by atoms with van der Waals surface area (Å²) in [5, 5.41) is 8.74. The van der Waals surface area contributed by atoms with Gasteiger partial charge in [-0.25, -0.2) is 4.39 Å². The number of aliphatic hydroxyl groups excluding tert-OH is 1. The van der Waals surface area contributed by atoms with E-state index >= 15 is 0 Å². The molecule has 1 aliphatic rings. The van der Waals surface area contributed by atoms with Crippen LogP contribution in [0.25, 0.3) is 0 Å². The molecule has 0 aliphatic heterocycles. The molecule has 4 heteroatoms. The van der Waals surface area contributed by atoms with E-state index < -0.39 is 11.8 Å². The van der Waals surface area contributed by atoms with Crippen molar-refractivity contribution in [1.82, 2.24) is 0 Å². The van der Waals surface area contributed by atoms with E-state index in [-0.39, 0.29) is 5.76 Å². The lowest BCUT2D eigenvalue weighted by molar-refractivity contribution is 0.270. The fourth-order valence-electron chi connectivity index (χ4n) is 0.671. The van der Waals surface area contributed by atoms with Crippen molar-refractivity contribution in [3.05, 3.63) is 24.0 Å². The van der Waals surface area contributed by atoms with Gasteiger partial charge in [0.05, 0.1) is 0 Å². The van der Waals surface area contributed by atoms with Crippen LogP contribution >= 0.6 is 0 Å². The summed E-state index contributed by atoms with van der Waals surface area (Å²) in [5.41, 5.74) is 9.02. The van der Waals surface area contributed by atoms with Crippen LogP contribution in [-0.4, -0.2) is 16.9 Å².